The summed E-state index contributed by atoms with van der Waals surface area (Å²) >= 11 is 0. The maximum Gasteiger partial charge on any atom is 0.269 e. The van der Waals surface area contributed by atoms with Gasteiger partial charge in [-0.1, -0.05) is 18.2 Å². The molecule has 1 amide bonds. The van der Waals surface area contributed by atoms with Gasteiger partial charge in [-0.2, -0.15) is 5.26 Å². The first-order valence-electron chi connectivity index (χ1n) is 10.4. The van der Waals surface area contributed by atoms with Gasteiger partial charge < -0.3 is 19.2 Å². The van der Waals surface area contributed by atoms with Crippen molar-refractivity contribution in [2.75, 3.05) is 12.4 Å². The number of carbonyl (C=O) groups is 1. The number of para-hydroxylation sites is 1. The fourth-order valence-corrected chi connectivity index (χ4v) is 4.24. The number of aryl methyl sites for hydroxylation is 2. The number of hydrogen-bond acceptors (Lipinski definition) is 4. The van der Waals surface area contributed by atoms with Gasteiger partial charge in [0, 0.05) is 52.4 Å². The molecular formula is C25H24N4O3. The maximum atomic E-state index is 12.8. The molecule has 7 nitrogen and oxygen atoms in total. The van der Waals surface area contributed by atoms with Crippen molar-refractivity contribution < 1.29 is 9.53 Å². The Balaban J connectivity index is 1.65. The third-order valence-corrected chi connectivity index (χ3v) is 5.67. The highest BCUT2D eigenvalue weighted by molar-refractivity contribution is 6.09. The molecule has 0 saturated carbocycles. The van der Waals surface area contributed by atoms with Crippen molar-refractivity contribution in [3.63, 3.8) is 0 Å². The third-order valence-electron chi connectivity index (χ3n) is 5.67. The van der Waals surface area contributed by atoms with Gasteiger partial charge >= 0.3 is 0 Å². The van der Waals surface area contributed by atoms with Crippen molar-refractivity contribution in [3.05, 3.63) is 75.7 Å². The first kappa shape index (κ1) is 21.3. The molecule has 0 bridgehead atoms. The quantitative estimate of drug-likeness (QED) is 0.504. The lowest BCUT2D eigenvalue weighted by Gasteiger charge is -2.13. The van der Waals surface area contributed by atoms with Crippen LogP contribution in [0.4, 0.5) is 5.69 Å². The smallest absolute Gasteiger partial charge is 0.269 e. The molecule has 0 fully saturated rings. The van der Waals surface area contributed by atoms with Gasteiger partial charge in [0.05, 0.1) is 6.61 Å². The first-order chi connectivity index (χ1) is 15.5. The number of pyridine rings is 1. The molecule has 0 atom stereocenters. The van der Waals surface area contributed by atoms with Gasteiger partial charge in [-0.25, -0.2) is 0 Å². The summed E-state index contributed by atoms with van der Waals surface area (Å²) in [6.45, 7) is 4.67. The molecule has 0 spiro atoms. The van der Waals surface area contributed by atoms with Gasteiger partial charge in [0.1, 0.15) is 18.2 Å². The zero-order valence-corrected chi connectivity index (χ0v) is 18.3. The van der Waals surface area contributed by atoms with Crippen molar-refractivity contribution >= 4 is 33.4 Å². The molecule has 2 aromatic carbocycles. The van der Waals surface area contributed by atoms with Gasteiger partial charge in [-0.3, -0.25) is 9.59 Å². The fraction of sp³-hybridized carbons (Fsp3) is 0.240. The number of anilines is 1. The number of ether oxygens (including phenoxy) is 1. The molecular weight excluding hydrogens is 404 g/mol. The lowest BCUT2D eigenvalue weighted by Crippen LogP contribution is -2.31. The highest BCUT2D eigenvalue weighted by Crippen LogP contribution is 2.31. The summed E-state index contributed by atoms with van der Waals surface area (Å²) in [4.78, 5) is 25.5. The van der Waals surface area contributed by atoms with Crippen LogP contribution >= 0.6 is 0 Å². The van der Waals surface area contributed by atoms with Crippen molar-refractivity contribution in [2.24, 2.45) is 0 Å². The Morgan fingerprint density at radius 2 is 1.84 bits per heavy atom. The van der Waals surface area contributed by atoms with E-state index in [1.807, 2.05) is 36.4 Å². The van der Waals surface area contributed by atoms with Crippen LogP contribution in [0.25, 0.3) is 21.8 Å². The zero-order valence-electron chi connectivity index (χ0n) is 18.3. The van der Waals surface area contributed by atoms with Gasteiger partial charge in [-0.05, 0) is 44.2 Å². The predicted octanol–water partition coefficient (Wildman–Crippen LogP) is 3.94. The summed E-state index contributed by atoms with van der Waals surface area (Å²) in [6.07, 6.45) is 0. The molecule has 4 rings (SSSR count). The monoisotopic (exact) mass is 428 g/mol. The summed E-state index contributed by atoms with van der Waals surface area (Å²) in [5.41, 5.74) is 3.53. The molecule has 0 radical (unpaired) electrons. The fourth-order valence-electron chi connectivity index (χ4n) is 4.24. The lowest BCUT2D eigenvalue weighted by atomic mass is 10.1. The average molecular weight is 428 g/mol. The van der Waals surface area contributed by atoms with E-state index >= 15 is 0 Å². The number of hydrogen-bond donors (Lipinski definition) is 1. The van der Waals surface area contributed by atoms with E-state index in [0.29, 0.717) is 16.9 Å². The van der Waals surface area contributed by atoms with E-state index in [2.05, 4.69) is 28.9 Å². The van der Waals surface area contributed by atoms with Crippen molar-refractivity contribution in [3.8, 4) is 6.07 Å². The Labute approximate surface area is 185 Å². The van der Waals surface area contributed by atoms with Crippen LogP contribution in [0.15, 0.2) is 53.3 Å². The van der Waals surface area contributed by atoms with Gasteiger partial charge in [-0.15, -0.1) is 0 Å². The van der Waals surface area contributed by atoms with Crippen LogP contribution in [-0.2, 0) is 29.2 Å². The number of amides is 1. The number of benzene rings is 2. The van der Waals surface area contributed by atoms with Gasteiger partial charge in [0.25, 0.3) is 5.56 Å². The molecule has 2 aromatic heterocycles. The minimum atomic E-state index is -0.490. The molecule has 0 aliphatic carbocycles. The highest BCUT2D eigenvalue weighted by atomic mass is 16.5. The molecule has 4 aromatic rings. The predicted molar refractivity (Wildman–Crippen MR) is 125 cm³/mol. The lowest BCUT2D eigenvalue weighted by molar-refractivity contribution is -0.116. The van der Waals surface area contributed by atoms with Crippen LogP contribution in [0.5, 0.6) is 0 Å². The number of nitrogens with zero attached hydrogens (tertiary/aromatic N) is 3. The third kappa shape index (κ3) is 3.66. The van der Waals surface area contributed by atoms with Crippen LogP contribution in [0, 0.1) is 18.3 Å². The van der Waals surface area contributed by atoms with Crippen LogP contribution < -0.4 is 10.9 Å². The number of nitrogens with one attached hydrogen (secondary N) is 1. The van der Waals surface area contributed by atoms with Crippen LogP contribution in [0.2, 0.25) is 0 Å². The Kier molecular flexibility index (Phi) is 5.80. The van der Waals surface area contributed by atoms with E-state index < -0.39 is 5.56 Å². The molecule has 162 valence electrons. The normalized spacial score (nSPS) is 11.1. The maximum absolute atomic E-state index is 12.8. The van der Waals surface area contributed by atoms with Gasteiger partial charge in [0.15, 0.2) is 0 Å². The van der Waals surface area contributed by atoms with Gasteiger partial charge in [0.2, 0.25) is 5.91 Å². The molecule has 1 N–H and O–H groups in total. The second-order valence-corrected chi connectivity index (χ2v) is 7.66. The minimum absolute atomic E-state index is 0.000884. The summed E-state index contributed by atoms with van der Waals surface area (Å²) < 4.78 is 8.63. The summed E-state index contributed by atoms with van der Waals surface area (Å²) in [5, 5.41) is 14.5. The van der Waals surface area contributed by atoms with E-state index in [1.54, 1.807) is 13.0 Å². The molecule has 32 heavy (non-hydrogen) atoms. The van der Waals surface area contributed by atoms with Crippen LogP contribution in [0.1, 0.15) is 23.7 Å². The van der Waals surface area contributed by atoms with Crippen LogP contribution in [-0.4, -0.2) is 22.2 Å². The van der Waals surface area contributed by atoms with E-state index in [4.69, 9.17) is 4.74 Å². The van der Waals surface area contributed by atoms with E-state index in [-0.39, 0.29) is 24.6 Å². The molecule has 0 aliphatic rings. The molecule has 7 heteroatoms. The number of fused-ring (bicyclic) bond motifs is 3. The molecule has 0 aliphatic heterocycles. The van der Waals surface area contributed by atoms with E-state index in [0.717, 1.165) is 28.4 Å². The highest BCUT2D eigenvalue weighted by Gasteiger charge is 2.16. The second kappa shape index (κ2) is 8.69. The topological polar surface area (TPSA) is 89.0 Å². The number of aromatic nitrogens is 2. The first-order valence-corrected chi connectivity index (χ1v) is 10.4. The Bertz CT molecular complexity index is 1440. The SMILES string of the molecule is CCn1c2ccccc2c2cc(NC(=O)Cn3c(C)cc(COC)c(C#N)c3=O)ccc21. The molecule has 2 heterocycles. The van der Waals surface area contributed by atoms with Crippen molar-refractivity contribution in [1.82, 2.24) is 9.13 Å². The number of rotatable bonds is 6. The summed E-state index contributed by atoms with van der Waals surface area (Å²) in [5.74, 6) is -0.336. The van der Waals surface area contributed by atoms with Crippen LogP contribution in [0.3, 0.4) is 0 Å². The summed E-state index contributed by atoms with van der Waals surface area (Å²) in [7, 11) is 1.50. The van der Waals surface area contributed by atoms with E-state index in [1.165, 1.54) is 11.7 Å². The molecule has 0 saturated heterocycles. The zero-order chi connectivity index (χ0) is 22.8. The number of methoxy groups -OCH3 is 1. The van der Waals surface area contributed by atoms with Crippen molar-refractivity contribution in [1.29, 1.82) is 5.26 Å². The number of carbonyl (C=O) groups excluding carboxylic acids is 1. The molecule has 0 unspecified atom stereocenters. The average Bonchev–Trinajstić information content (AvgIpc) is 3.10. The summed E-state index contributed by atoms with van der Waals surface area (Å²) in [6, 6.07) is 17.7. The Morgan fingerprint density at radius 3 is 2.56 bits per heavy atom. The Hall–Kier alpha value is -3.89. The van der Waals surface area contributed by atoms with E-state index in [9.17, 15) is 14.9 Å². The largest absolute Gasteiger partial charge is 0.380 e. The number of nitriles is 1. The Morgan fingerprint density at radius 1 is 1.09 bits per heavy atom. The minimum Gasteiger partial charge on any atom is -0.380 e. The second-order valence-electron chi connectivity index (χ2n) is 7.66. The standard InChI is InChI=1S/C25H24N4O3/c1-4-28-22-8-6-5-7-19(22)20-12-18(9-10-23(20)28)27-24(30)14-29-16(2)11-17(15-32-3)21(13-26)25(29)31/h5-12H,4,14-15H2,1-3H3,(H,27,30). The van der Waals surface area contributed by atoms with Crippen molar-refractivity contribution in [2.45, 2.75) is 33.5 Å².